The van der Waals surface area contributed by atoms with Gasteiger partial charge in [-0.3, -0.25) is 4.99 Å². The van der Waals surface area contributed by atoms with Gasteiger partial charge in [0.15, 0.2) is 5.96 Å². The van der Waals surface area contributed by atoms with Crippen molar-refractivity contribution in [3.8, 4) is 0 Å². The number of aliphatic imine (C=N–C) groups is 1. The number of hydrogen-bond acceptors (Lipinski definition) is 4. The molecule has 0 spiro atoms. The summed E-state index contributed by atoms with van der Waals surface area (Å²) in [4.78, 5) is 6.72. The van der Waals surface area contributed by atoms with E-state index < -0.39 is 9.84 Å². The molecule has 1 heterocycles. The van der Waals surface area contributed by atoms with Crippen molar-refractivity contribution in [2.24, 2.45) is 4.99 Å². The van der Waals surface area contributed by atoms with Gasteiger partial charge < -0.3 is 15.5 Å². The van der Waals surface area contributed by atoms with Crippen molar-refractivity contribution < 1.29 is 8.42 Å². The van der Waals surface area contributed by atoms with Crippen molar-refractivity contribution in [2.75, 3.05) is 45.2 Å². The van der Waals surface area contributed by atoms with Gasteiger partial charge in [0.05, 0.1) is 5.75 Å². The molecule has 23 heavy (non-hydrogen) atoms. The van der Waals surface area contributed by atoms with Crippen LogP contribution < -0.4 is 10.6 Å². The van der Waals surface area contributed by atoms with Crippen molar-refractivity contribution in [3.05, 3.63) is 0 Å². The normalized spacial score (nSPS) is 20.0. The maximum Gasteiger partial charge on any atom is 0.190 e. The van der Waals surface area contributed by atoms with Gasteiger partial charge >= 0.3 is 0 Å². The molecule has 1 atom stereocenters. The number of nitrogens with one attached hydrogen (secondary N) is 2. The van der Waals surface area contributed by atoms with Crippen LogP contribution >= 0.6 is 24.0 Å². The first-order chi connectivity index (χ1) is 10.4. The Balaban J connectivity index is 0.00000484. The maximum atomic E-state index is 11.1. The van der Waals surface area contributed by atoms with Crippen molar-refractivity contribution in [1.29, 1.82) is 0 Å². The number of guanidine groups is 1. The van der Waals surface area contributed by atoms with Crippen LogP contribution in [-0.2, 0) is 9.84 Å². The molecule has 6 nitrogen and oxygen atoms in total. The molecule has 0 aromatic rings. The second-order valence-corrected chi connectivity index (χ2v) is 8.40. The standard InChI is InChI=1S/C15H32N4O2S.HI/c1-14-8-4-5-11-19(14)12-6-9-17-15(16-2)18-10-7-13-22(3,20)21;/h14H,4-13H2,1-3H3,(H2,16,17,18);1H. The highest BCUT2D eigenvalue weighted by Gasteiger charge is 2.17. The summed E-state index contributed by atoms with van der Waals surface area (Å²) < 4.78 is 22.1. The van der Waals surface area contributed by atoms with Gasteiger partial charge in [0.2, 0.25) is 0 Å². The summed E-state index contributed by atoms with van der Waals surface area (Å²) in [5.41, 5.74) is 0. The third-order valence-electron chi connectivity index (χ3n) is 4.06. The Morgan fingerprint density at radius 3 is 2.43 bits per heavy atom. The van der Waals surface area contributed by atoms with E-state index in [0.717, 1.165) is 25.5 Å². The molecule has 2 N–H and O–H groups in total. The van der Waals surface area contributed by atoms with E-state index in [1.54, 1.807) is 7.05 Å². The minimum absolute atomic E-state index is 0. The van der Waals surface area contributed by atoms with Crippen molar-refractivity contribution in [1.82, 2.24) is 15.5 Å². The fraction of sp³-hybridized carbons (Fsp3) is 0.933. The average Bonchev–Trinajstić information content (AvgIpc) is 2.46. The largest absolute Gasteiger partial charge is 0.356 e. The Morgan fingerprint density at radius 2 is 1.87 bits per heavy atom. The van der Waals surface area contributed by atoms with Crippen LogP contribution in [-0.4, -0.2) is 70.6 Å². The smallest absolute Gasteiger partial charge is 0.190 e. The summed E-state index contributed by atoms with van der Waals surface area (Å²) in [5.74, 6) is 0.962. The molecule has 0 aliphatic carbocycles. The molecule has 1 fully saturated rings. The third kappa shape index (κ3) is 11.1. The lowest BCUT2D eigenvalue weighted by molar-refractivity contribution is 0.159. The predicted octanol–water partition coefficient (Wildman–Crippen LogP) is 1.47. The molecule has 0 aromatic heterocycles. The Kier molecular flexibility index (Phi) is 12.2. The van der Waals surface area contributed by atoms with Crippen molar-refractivity contribution >= 4 is 39.8 Å². The second-order valence-electron chi connectivity index (χ2n) is 6.14. The lowest BCUT2D eigenvalue weighted by Gasteiger charge is -2.33. The Labute approximate surface area is 158 Å². The van der Waals surface area contributed by atoms with Gasteiger partial charge in [0.25, 0.3) is 0 Å². The van der Waals surface area contributed by atoms with Crippen LogP contribution in [0.25, 0.3) is 0 Å². The molecule has 1 aliphatic rings. The molecule has 1 unspecified atom stereocenters. The number of nitrogens with zero attached hydrogens (tertiary/aromatic N) is 2. The highest BCUT2D eigenvalue weighted by molar-refractivity contribution is 14.0. The Hall–Kier alpha value is -0.0900. The lowest BCUT2D eigenvalue weighted by atomic mass is 10.0. The average molecular weight is 460 g/mol. The highest BCUT2D eigenvalue weighted by atomic mass is 127. The van der Waals surface area contributed by atoms with Crippen LogP contribution in [0.1, 0.15) is 39.0 Å². The molecule has 0 radical (unpaired) electrons. The molecule has 1 saturated heterocycles. The molecule has 0 aromatic carbocycles. The van der Waals surface area contributed by atoms with E-state index in [2.05, 4.69) is 27.4 Å². The molecule has 1 rings (SSSR count). The van der Waals surface area contributed by atoms with Gasteiger partial charge in [-0.15, -0.1) is 24.0 Å². The minimum Gasteiger partial charge on any atom is -0.356 e. The SMILES string of the molecule is CN=C(NCCCN1CCCCC1C)NCCCS(C)(=O)=O.I. The first kappa shape index (κ1) is 22.9. The minimum atomic E-state index is -2.87. The van der Waals surface area contributed by atoms with Crippen molar-refractivity contribution in [3.63, 3.8) is 0 Å². The summed E-state index contributed by atoms with van der Waals surface area (Å²) in [5, 5.41) is 6.43. The number of hydrogen-bond donors (Lipinski definition) is 2. The molecule has 1 aliphatic heterocycles. The first-order valence-electron chi connectivity index (χ1n) is 8.28. The number of piperidine rings is 1. The monoisotopic (exact) mass is 460 g/mol. The van der Waals surface area contributed by atoms with Crippen LogP contribution in [0.15, 0.2) is 4.99 Å². The lowest BCUT2D eigenvalue weighted by Crippen LogP contribution is -2.41. The van der Waals surface area contributed by atoms with E-state index in [-0.39, 0.29) is 29.7 Å². The molecule has 0 amide bonds. The Bertz CT molecular complexity index is 443. The van der Waals surface area contributed by atoms with Gasteiger partial charge in [-0.1, -0.05) is 6.42 Å². The fourth-order valence-corrected chi connectivity index (χ4v) is 3.41. The third-order valence-corrected chi connectivity index (χ3v) is 5.09. The molecule has 8 heteroatoms. The molecule has 138 valence electrons. The van der Waals surface area contributed by atoms with Crippen LogP contribution in [0.3, 0.4) is 0 Å². The van der Waals surface area contributed by atoms with Crippen molar-refractivity contribution in [2.45, 2.75) is 45.1 Å². The maximum absolute atomic E-state index is 11.1. The van der Waals surface area contributed by atoms with E-state index in [0.29, 0.717) is 19.0 Å². The quantitative estimate of drug-likeness (QED) is 0.249. The number of rotatable bonds is 8. The second kappa shape index (κ2) is 12.3. The van der Waals surface area contributed by atoms with Gasteiger partial charge in [-0.25, -0.2) is 8.42 Å². The summed E-state index contributed by atoms with van der Waals surface area (Å²) in [7, 11) is -1.14. The number of halogens is 1. The summed E-state index contributed by atoms with van der Waals surface area (Å²) in [6.45, 7) is 6.17. The van der Waals surface area contributed by atoms with Gasteiger partial charge in [0, 0.05) is 39.0 Å². The van der Waals surface area contributed by atoms with Gasteiger partial charge in [-0.2, -0.15) is 0 Å². The fourth-order valence-electron chi connectivity index (χ4n) is 2.74. The summed E-state index contributed by atoms with van der Waals surface area (Å²) in [6, 6.07) is 0.710. The zero-order chi connectivity index (χ0) is 16.4. The van der Waals surface area contributed by atoms with Crippen LogP contribution in [0, 0.1) is 0 Å². The zero-order valence-electron chi connectivity index (χ0n) is 14.7. The molecule has 0 bridgehead atoms. The summed E-state index contributed by atoms with van der Waals surface area (Å²) in [6.07, 6.45) is 6.96. The van der Waals surface area contributed by atoms with Crippen LogP contribution in [0.5, 0.6) is 0 Å². The van der Waals surface area contributed by atoms with Crippen LogP contribution in [0.2, 0.25) is 0 Å². The molecule has 0 saturated carbocycles. The van der Waals surface area contributed by atoms with Crippen LogP contribution in [0.4, 0.5) is 0 Å². The molecular formula is C15H33IN4O2S. The Morgan fingerprint density at radius 1 is 1.22 bits per heavy atom. The first-order valence-corrected chi connectivity index (χ1v) is 10.3. The number of likely N-dealkylation sites (tertiary alicyclic amines) is 1. The zero-order valence-corrected chi connectivity index (χ0v) is 17.8. The summed E-state index contributed by atoms with van der Waals surface area (Å²) >= 11 is 0. The van der Waals surface area contributed by atoms with E-state index in [1.807, 2.05) is 0 Å². The predicted molar refractivity (Wildman–Crippen MR) is 109 cm³/mol. The highest BCUT2D eigenvalue weighted by Crippen LogP contribution is 2.15. The van der Waals surface area contributed by atoms with E-state index >= 15 is 0 Å². The van der Waals surface area contributed by atoms with Gasteiger partial charge in [-0.05, 0) is 39.2 Å². The topological polar surface area (TPSA) is 73.8 Å². The molecular weight excluding hydrogens is 427 g/mol. The van der Waals surface area contributed by atoms with E-state index in [1.165, 1.54) is 32.1 Å². The number of sulfone groups is 1. The van der Waals surface area contributed by atoms with E-state index in [4.69, 9.17) is 0 Å². The van der Waals surface area contributed by atoms with E-state index in [9.17, 15) is 8.42 Å². The van der Waals surface area contributed by atoms with Gasteiger partial charge in [0.1, 0.15) is 9.84 Å².